The molecule has 0 saturated heterocycles. The molecule has 0 aliphatic rings. The minimum atomic E-state index is -0.588. The van der Waals surface area contributed by atoms with Crippen molar-refractivity contribution < 1.29 is 9.34 Å². The van der Waals surface area contributed by atoms with E-state index in [1.54, 1.807) is 13.0 Å². The molecule has 5 nitrogen and oxygen atoms in total. The lowest BCUT2D eigenvalue weighted by Crippen LogP contribution is -1.98. The highest BCUT2D eigenvalue weighted by Crippen LogP contribution is 2.25. The lowest BCUT2D eigenvalue weighted by Gasteiger charge is -1.99. The molecule has 0 aliphatic heterocycles. The Morgan fingerprint density at radius 2 is 2.07 bits per heavy atom. The molecule has 2 aromatic rings. The van der Waals surface area contributed by atoms with Crippen LogP contribution in [0, 0.1) is 17.0 Å². The number of non-ortho nitro benzene ring substituents is 1. The molecule has 1 aromatic carbocycles. The molecule has 1 aromatic heterocycles. The largest absolute Gasteiger partial charge is 0.415 e. The third kappa shape index (κ3) is 1.59. The zero-order valence-electron chi connectivity index (χ0n) is 7.89. The smallest absolute Gasteiger partial charge is 0.336 e. The van der Waals surface area contributed by atoms with E-state index < -0.39 is 10.5 Å². The first-order valence-electron chi connectivity index (χ1n) is 4.27. The molecule has 0 aliphatic carbocycles. The summed E-state index contributed by atoms with van der Waals surface area (Å²) in [6, 6.07) is 5.86. The first-order valence-corrected chi connectivity index (χ1v) is 4.27. The monoisotopic (exact) mass is 205 g/mol. The van der Waals surface area contributed by atoms with Crippen LogP contribution in [0.5, 0.6) is 0 Å². The van der Waals surface area contributed by atoms with Gasteiger partial charge in [-0.1, -0.05) is 0 Å². The van der Waals surface area contributed by atoms with E-state index in [9.17, 15) is 14.9 Å². The van der Waals surface area contributed by atoms with Gasteiger partial charge in [0.15, 0.2) is 0 Å². The van der Waals surface area contributed by atoms with E-state index in [-0.39, 0.29) is 11.3 Å². The van der Waals surface area contributed by atoms with Crippen LogP contribution in [-0.2, 0) is 0 Å². The second-order valence-electron chi connectivity index (χ2n) is 3.21. The Morgan fingerprint density at radius 1 is 1.33 bits per heavy atom. The van der Waals surface area contributed by atoms with Crippen molar-refractivity contribution in [2.24, 2.45) is 0 Å². The molecule has 0 unspecified atom stereocenters. The molecule has 0 radical (unpaired) electrons. The zero-order chi connectivity index (χ0) is 11.0. The van der Waals surface area contributed by atoms with Crippen molar-refractivity contribution in [3.8, 4) is 0 Å². The minimum absolute atomic E-state index is 0.0260. The predicted octanol–water partition coefficient (Wildman–Crippen LogP) is 2.01. The molecular formula is C10H7NO4. The number of aryl methyl sites for hydroxylation is 1. The van der Waals surface area contributed by atoms with Crippen LogP contribution in [0.15, 0.2) is 33.5 Å². The number of benzene rings is 1. The second-order valence-corrected chi connectivity index (χ2v) is 3.21. The molecule has 1 heterocycles. The summed E-state index contributed by atoms with van der Waals surface area (Å²) >= 11 is 0. The van der Waals surface area contributed by atoms with Gasteiger partial charge >= 0.3 is 11.3 Å². The maximum atomic E-state index is 11.0. The highest BCUT2D eigenvalue weighted by molar-refractivity contribution is 5.85. The Labute approximate surface area is 84.1 Å². The summed E-state index contributed by atoms with van der Waals surface area (Å²) in [6.45, 7) is 1.75. The van der Waals surface area contributed by atoms with Gasteiger partial charge in [0.2, 0.25) is 5.58 Å². The third-order valence-electron chi connectivity index (χ3n) is 2.04. The quantitative estimate of drug-likeness (QED) is 0.405. The summed E-state index contributed by atoms with van der Waals surface area (Å²) in [6.07, 6.45) is 0. The van der Waals surface area contributed by atoms with Crippen molar-refractivity contribution in [3.05, 3.63) is 50.4 Å². The molecule has 5 heteroatoms. The van der Waals surface area contributed by atoms with Gasteiger partial charge in [0.25, 0.3) is 0 Å². The molecule has 0 amide bonds. The van der Waals surface area contributed by atoms with Gasteiger partial charge in [-0.3, -0.25) is 10.1 Å². The van der Waals surface area contributed by atoms with E-state index in [2.05, 4.69) is 0 Å². The van der Waals surface area contributed by atoms with Crippen LogP contribution >= 0.6 is 0 Å². The highest BCUT2D eigenvalue weighted by Gasteiger charge is 2.15. The Balaban J connectivity index is 2.94. The maximum Gasteiger partial charge on any atom is 0.336 e. The van der Waals surface area contributed by atoms with E-state index in [1.807, 2.05) is 0 Å². The van der Waals surface area contributed by atoms with Gasteiger partial charge in [-0.05, 0) is 24.6 Å². The summed E-state index contributed by atoms with van der Waals surface area (Å²) in [5.74, 6) is 0. The summed E-state index contributed by atoms with van der Waals surface area (Å²) < 4.78 is 4.81. The minimum Gasteiger partial charge on any atom is -0.415 e. The molecule has 0 atom stereocenters. The van der Waals surface area contributed by atoms with Crippen LogP contribution in [0.25, 0.3) is 11.0 Å². The van der Waals surface area contributed by atoms with Gasteiger partial charge < -0.3 is 4.42 Å². The summed E-state index contributed by atoms with van der Waals surface area (Å²) in [7, 11) is 0. The Bertz CT molecular complexity index is 600. The Morgan fingerprint density at radius 3 is 2.73 bits per heavy atom. The summed E-state index contributed by atoms with van der Waals surface area (Å²) in [5.41, 5.74) is 0.0123. The van der Waals surface area contributed by atoms with Gasteiger partial charge in [0, 0.05) is 17.5 Å². The van der Waals surface area contributed by atoms with Crippen molar-refractivity contribution >= 4 is 16.7 Å². The van der Waals surface area contributed by atoms with Crippen LogP contribution in [-0.4, -0.2) is 4.92 Å². The number of nitrogens with zero attached hydrogens (tertiary/aromatic N) is 1. The van der Waals surface area contributed by atoms with E-state index in [0.29, 0.717) is 5.39 Å². The lowest BCUT2D eigenvalue weighted by atomic mass is 10.1. The second kappa shape index (κ2) is 3.20. The van der Waals surface area contributed by atoms with E-state index in [1.165, 1.54) is 18.2 Å². The van der Waals surface area contributed by atoms with Gasteiger partial charge in [0.05, 0.1) is 4.92 Å². The molecule has 76 valence electrons. The summed E-state index contributed by atoms with van der Waals surface area (Å²) in [4.78, 5) is 21.1. The maximum absolute atomic E-state index is 11.0. The highest BCUT2D eigenvalue weighted by atomic mass is 16.6. The average molecular weight is 205 g/mol. The topological polar surface area (TPSA) is 73.3 Å². The Kier molecular flexibility index (Phi) is 2.00. The number of hydrogen-bond acceptors (Lipinski definition) is 4. The van der Waals surface area contributed by atoms with Gasteiger partial charge in [-0.25, -0.2) is 4.79 Å². The van der Waals surface area contributed by atoms with E-state index >= 15 is 0 Å². The molecule has 2 rings (SSSR count). The fourth-order valence-electron chi connectivity index (χ4n) is 1.44. The number of rotatable bonds is 1. The van der Waals surface area contributed by atoms with Crippen molar-refractivity contribution in [1.29, 1.82) is 0 Å². The lowest BCUT2D eigenvalue weighted by molar-refractivity contribution is -0.383. The van der Waals surface area contributed by atoms with Gasteiger partial charge in [0.1, 0.15) is 0 Å². The number of nitro benzene ring substituents is 1. The normalized spacial score (nSPS) is 10.5. The van der Waals surface area contributed by atoms with Crippen molar-refractivity contribution in [2.75, 3.05) is 0 Å². The standard InChI is InChI=1S/C10H7NO4/c1-6-4-7-2-3-9(12)15-10(7)8(5-6)11(13)14/h2-5H,1H3. The molecule has 0 N–H and O–H groups in total. The van der Waals surface area contributed by atoms with Gasteiger partial charge in [-0.2, -0.15) is 0 Å². The van der Waals surface area contributed by atoms with Crippen molar-refractivity contribution in [1.82, 2.24) is 0 Å². The van der Waals surface area contributed by atoms with Crippen LogP contribution < -0.4 is 5.63 Å². The molecular weight excluding hydrogens is 198 g/mol. The fraction of sp³-hybridized carbons (Fsp3) is 0.100. The molecule has 15 heavy (non-hydrogen) atoms. The SMILES string of the molecule is Cc1cc([N+](=O)[O-])c2oc(=O)ccc2c1. The van der Waals surface area contributed by atoms with Crippen LogP contribution in [0.2, 0.25) is 0 Å². The van der Waals surface area contributed by atoms with E-state index in [4.69, 9.17) is 4.42 Å². The molecule has 0 fully saturated rings. The molecule has 0 bridgehead atoms. The molecule has 0 saturated carbocycles. The fourth-order valence-corrected chi connectivity index (χ4v) is 1.44. The number of fused-ring (bicyclic) bond motifs is 1. The predicted molar refractivity (Wildman–Crippen MR) is 53.9 cm³/mol. The van der Waals surface area contributed by atoms with Crippen LogP contribution in [0.4, 0.5) is 5.69 Å². The van der Waals surface area contributed by atoms with Crippen LogP contribution in [0.1, 0.15) is 5.56 Å². The molecule has 0 spiro atoms. The van der Waals surface area contributed by atoms with Crippen LogP contribution in [0.3, 0.4) is 0 Å². The Hall–Kier alpha value is -2.17. The number of nitro groups is 1. The van der Waals surface area contributed by atoms with Crippen molar-refractivity contribution in [2.45, 2.75) is 6.92 Å². The third-order valence-corrected chi connectivity index (χ3v) is 2.04. The first-order chi connectivity index (χ1) is 7.08. The average Bonchev–Trinajstić information content (AvgIpc) is 2.17. The zero-order valence-corrected chi connectivity index (χ0v) is 7.89. The number of hydrogen-bond donors (Lipinski definition) is 0. The van der Waals surface area contributed by atoms with Gasteiger partial charge in [-0.15, -0.1) is 0 Å². The first kappa shape index (κ1) is 9.39. The van der Waals surface area contributed by atoms with E-state index in [0.717, 1.165) is 5.56 Å². The van der Waals surface area contributed by atoms with Crippen molar-refractivity contribution in [3.63, 3.8) is 0 Å². The summed E-state index contributed by atoms with van der Waals surface area (Å²) in [5, 5.41) is 11.3.